The molecule has 0 radical (unpaired) electrons. The van der Waals surface area contributed by atoms with Gasteiger partial charge in [-0.15, -0.1) is 11.3 Å². The molecule has 4 aromatic rings. The molecule has 136 valence electrons. The summed E-state index contributed by atoms with van der Waals surface area (Å²) in [6, 6.07) is 4.20. The minimum atomic E-state index is 0.687. The fourth-order valence-corrected chi connectivity index (χ4v) is 3.61. The summed E-state index contributed by atoms with van der Waals surface area (Å²) in [5.41, 5.74) is 3.70. The number of aryl methyl sites for hydroxylation is 1. The average molecular weight is 377 g/mol. The van der Waals surface area contributed by atoms with Gasteiger partial charge in [-0.2, -0.15) is 5.10 Å². The van der Waals surface area contributed by atoms with Gasteiger partial charge in [0.15, 0.2) is 0 Å². The Morgan fingerprint density at radius 2 is 2.04 bits per heavy atom. The summed E-state index contributed by atoms with van der Waals surface area (Å²) in [5, 5.41) is 6.83. The SMILES string of the molecule is Cc1ccc(-c2nc(N(C)CCc3cn[nH]c3)ncc2-c2cnccn2)s1. The first kappa shape index (κ1) is 17.3. The molecule has 0 amide bonds. The zero-order valence-electron chi connectivity index (χ0n) is 15.1. The Bertz CT molecular complexity index is 1010. The second kappa shape index (κ2) is 7.63. The molecule has 7 nitrogen and oxygen atoms in total. The zero-order chi connectivity index (χ0) is 18.6. The highest BCUT2D eigenvalue weighted by Crippen LogP contribution is 2.34. The molecule has 4 heterocycles. The normalized spacial score (nSPS) is 10.9. The van der Waals surface area contributed by atoms with E-state index in [1.54, 1.807) is 29.9 Å². The molecular formula is C19H19N7S. The number of hydrogen-bond donors (Lipinski definition) is 1. The molecule has 0 unspecified atom stereocenters. The number of anilines is 1. The van der Waals surface area contributed by atoms with Crippen LogP contribution in [0.1, 0.15) is 10.4 Å². The number of H-pyrrole nitrogens is 1. The summed E-state index contributed by atoms with van der Waals surface area (Å²) in [7, 11) is 2.00. The fourth-order valence-electron chi connectivity index (χ4n) is 2.74. The summed E-state index contributed by atoms with van der Waals surface area (Å²) >= 11 is 1.71. The summed E-state index contributed by atoms with van der Waals surface area (Å²) in [6.45, 7) is 2.89. The average Bonchev–Trinajstić information content (AvgIpc) is 3.38. The van der Waals surface area contributed by atoms with E-state index in [0.29, 0.717) is 5.95 Å². The second-order valence-corrected chi connectivity index (χ2v) is 7.50. The van der Waals surface area contributed by atoms with Gasteiger partial charge in [0, 0.05) is 48.8 Å². The van der Waals surface area contributed by atoms with Crippen LogP contribution in [-0.2, 0) is 6.42 Å². The minimum absolute atomic E-state index is 0.687. The Morgan fingerprint density at radius 3 is 2.74 bits per heavy atom. The number of likely N-dealkylation sites (N-methyl/N-ethyl adjacent to an activating group) is 1. The number of aromatic nitrogens is 6. The summed E-state index contributed by atoms with van der Waals surface area (Å²) in [6.07, 6.45) is 11.5. The van der Waals surface area contributed by atoms with E-state index in [9.17, 15) is 0 Å². The molecule has 27 heavy (non-hydrogen) atoms. The number of hydrogen-bond acceptors (Lipinski definition) is 7. The Morgan fingerprint density at radius 1 is 1.11 bits per heavy atom. The van der Waals surface area contributed by atoms with E-state index in [4.69, 9.17) is 4.98 Å². The van der Waals surface area contributed by atoms with Gasteiger partial charge in [-0.05, 0) is 31.0 Å². The van der Waals surface area contributed by atoms with Gasteiger partial charge in [0.25, 0.3) is 0 Å². The van der Waals surface area contributed by atoms with Crippen LogP contribution in [0.3, 0.4) is 0 Å². The van der Waals surface area contributed by atoms with Crippen LogP contribution >= 0.6 is 11.3 Å². The molecule has 0 atom stereocenters. The van der Waals surface area contributed by atoms with Gasteiger partial charge < -0.3 is 4.90 Å². The highest BCUT2D eigenvalue weighted by atomic mass is 32.1. The van der Waals surface area contributed by atoms with Gasteiger partial charge in [-0.1, -0.05) is 0 Å². The van der Waals surface area contributed by atoms with Crippen molar-refractivity contribution >= 4 is 17.3 Å². The second-order valence-electron chi connectivity index (χ2n) is 6.21. The van der Waals surface area contributed by atoms with Crippen molar-refractivity contribution in [1.29, 1.82) is 0 Å². The Kier molecular flexibility index (Phi) is 4.88. The molecule has 0 bridgehead atoms. The molecule has 0 saturated carbocycles. The molecule has 0 fully saturated rings. The fraction of sp³-hybridized carbons (Fsp3) is 0.211. The van der Waals surface area contributed by atoms with Gasteiger partial charge in [-0.3, -0.25) is 15.1 Å². The molecule has 0 aliphatic rings. The van der Waals surface area contributed by atoms with Crippen molar-refractivity contribution in [3.63, 3.8) is 0 Å². The third-order valence-electron chi connectivity index (χ3n) is 4.22. The molecule has 0 saturated heterocycles. The number of thiophene rings is 1. The smallest absolute Gasteiger partial charge is 0.225 e. The van der Waals surface area contributed by atoms with E-state index in [0.717, 1.165) is 40.4 Å². The molecule has 0 spiro atoms. The van der Waals surface area contributed by atoms with E-state index in [1.807, 2.05) is 25.6 Å². The van der Waals surface area contributed by atoms with E-state index >= 15 is 0 Å². The van der Waals surface area contributed by atoms with Crippen molar-refractivity contribution in [2.75, 3.05) is 18.5 Å². The van der Waals surface area contributed by atoms with E-state index < -0.39 is 0 Å². The summed E-state index contributed by atoms with van der Waals surface area (Å²) < 4.78 is 0. The molecule has 8 heteroatoms. The monoisotopic (exact) mass is 377 g/mol. The lowest BCUT2D eigenvalue weighted by atomic mass is 10.1. The molecule has 4 rings (SSSR count). The van der Waals surface area contributed by atoms with Crippen LogP contribution in [0, 0.1) is 6.92 Å². The molecular weight excluding hydrogens is 358 g/mol. The summed E-state index contributed by atoms with van der Waals surface area (Å²) in [5.74, 6) is 0.687. The van der Waals surface area contributed by atoms with Crippen LogP contribution in [0.15, 0.2) is 49.3 Å². The number of rotatable bonds is 6. The Hall–Kier alpha value is -3.13. The van der Waals surface area contributed by atoms with Crippen LogP contribution in [-0.4, -0.2) is 43.7 Å². The van der Waals surface area contributed by atoms with Gasteiger partial charge in [0.1, 0.15) is 0 Å². The van der Waals surface area contributed by atoms with Crippen LogP contribution in [0.4, 0.5) is 5.95 Å². The standard InChI is InChI=1S/C19H19N7S/c1-13-3-4-17(27-13)18-15(16-12-20-6-7-21-16)11-22-19(25-18)26(2)8-5-14-9-23-24-10-14/h3-4,6-7,9-12H,5,8H2,1-2H3,(H,23,24). The molecule has 4 aromatic heterocycles. The largest absolute Gasteiger partial charge is 0.344 e. The van der Waals surface area contributed by atoms with Crippen LogP contribution in [0.25, 0.3) is 21.8 Å². The number of nitrogens with one attached hydrogen (secondary N) is 1. The summed E-state index contributed by atoms with van der Waals surface area (Å²) in [4.78, 5) is 22.4. The molecule has 0 aliphatic carbocycles. The quantitative estimate of drug-likeness (QED) is 0.555. The van der Waals surface area contributed by atoms with Crippen LogP contribution in [0.5, 0.6) is 0 Å². The van der Waals surface area contributed by atoms with Crippen molar-refractivity contribution in [2.45, 2.75) is 13.3 Å². The number of nitrogens with zero attached hydrogens (tertiary/aromatic N) is 6. The third-order valence-corrected chi connectivity index (χ3v) is 5.23. The maximum Gasteiger partial charge on any atom is 0.225 e. The first-order valence-electron chi connectivity index (χ1n) is 8.60. The zero-order valence-corrected chi connectivity index (χ0v) is 15.9. The highest BCUT2D eigenvalue weighted by molar-refractivity contribution is 7.15. The van der Waals surface area contributed by atoms with Gasteiger partial charge in [-0.25, -0.2) is 9.97 Å². The van der Waals surface area contributed by atoms with Crippen molar-refractivity contribution in [3.8, 4) is 21.8 Å². The van der Waals surface area contributed by atoms with E-state index in [2.05, 4.69) is 49.1 Å². The van der Waals surface area contributed by atoms with Gasteiger partial charge in [0.05, 0.1) is 28.7 Å². The van der Waals surface area contributed by atoms with Crippen molar-refractivity contribution in [3.05, 3.63) is 59.8 Å². The maximum absolute atomic E-state index is 4.87. The lowest BCUT2D eigenvalue weighted by Gasteiger charge is -2.18. The first-order valence-corrected chi connectivity index (χ1v) is 9.41. The Balaban J connectivity index is 1.68. The Labute approximate surface area is 161 Å². The van der Waals surface area contributed by atoms with E-state index in [1.165, 1.54) is 4.88 Å². The third kappa shape index (κ3) is 3.85. The van der Waals surface area contributed by atoms with Crippen LogP contribution in [0.2, 0.25) is 0 Å². The minimum Gasteiger partial charge on any atom is -0.344 e. The number of aromatic amines is 1. The van der Waals surface area contributed by atoms with Crippen molar-refractivity contribution in [1.82, 2.24) is 30.1 Å². The van der Waals surface area contributed by atoms with Crippen molar-refractivity contribution < 1.29 is 0 Å². The maximum atomic E-state index is 4.87. The molecule has 1 N–H and O–H groups in total. The predicted octanol–water partition coefficient (Wildman–Crippen LogP) is 3.37. The molecule has 0 aliphatic heterocycles. The van der Waals surface area contributed by atoms with Crippen molar-refractivity contribution in [2.24, 2.45) is 0 Å². The van der Waals surface area contributed by atoms with E-state index in [-0.39, 0.29) is 0 Å². The lowest BCUT2D eigenvalue weighted by molar-refractivity contribution is 0.839. The van der Waals surface area contributed by atoms with Crippen LogP contribution < -0.4 is 4.90 Å². The lowest BCUT2D eigenvalue weighted by Crippen LogP contribution is -2.22. The predicted molar refractivity (Wildman–Crippen MR) is 107 cm³/mol. The molecule has 0 aromatic carbocycles. The topological polar surface area (TPSA) is 83.5 Å². The van der Waals surface area contributed by atoms with Gasteiger partial charge in [0.2, 0.25) is 5.95 Å². The first-order chi connectivity index (χ1) is 13.2. The van der Waals surface area contributed by atoms with Gasteiger partial charge >= 0.3 is 0 Å². The highest BCUT2D eigenvalue weighted by Gasteiger charge is 2.16.